The summed E-state index contributed by atoms with van der Waals surface area (Å²) in [6, 6.07) is 3.85. The Balaban J connectivity index is 1.75. The lowest BCUT2D eigenvalue weighted by molar-refractivity contribution is 0.0293. The van der Waals surface area contributed by atoms with Crippen LogP contribution >= 0.6 is 0 Å². The Morgan fingerprint density at radius 1 is 1.19 bits per heavy atom. The van der Waals surface area contributed by atoms with E-state index in [4.69, 9.17) is 10.5 Å². The maximum atomic E-state index is 10.2. The summed E-state index contributed by atoms with van der Waals surface area (Å²) in [6.45, 7) is 1.84. The van der Waals surface area contributed by atoms with Crippen LogP contribution in [0.25, 0.3) is 17.0 Å². The Bertz CT molecular complexity index is 844. The number of aliphatic hydroxyl groups is 1. The zero-order valence-electron chi connectivity index (χ0n) is 15.0. The molecule has 1 fully saturated rings. The van der Waals surface area contributed by atoms with Gasteiger partial charge in [0, 0.05) is 29.5 Å². The molecular formula is C20H25N3O3. The average molecular weight is 355 g/mol. The van der Waals surface area contributed by atoms with Crippen molar-refractivity contribution in [3.63, 3.8) is 0 Å². The molecule has 4 N–H and O–H groups in total. The Morgan fingerprint density at radius 3 is 2.73 bits per heavy atom. The van der Waals surface area contributed by atoms with Gasteiger partial charge < -0.3 is 20.8 Å². The van der Waals surface area contributed by atoms with E-state index in [2.05, 4.69) is 4.98 Å². The highest BCUT2D eigenvalue weighted by atomic mass is 16.5. The van der Waals surface area contributed by atoms with Gasteiger partial charge in [-0.2, -0.15) is 4.73 Å². The lowest BCUT2D eigenvalue weighted by Crippen LogP contribution is -2.25. The lowest BCUT2D eigenvalue weighted by atomic mass is 9.91. The van der Waals surface area contributed by atoms with Crippen LogP contribution in [-0.2, 0) is 4.74 Å². The number of hydrogen-bond acceptors (Lipinski definition) is 5. The van der Waals surface area contributed by atoms with Crippen LogP contribution in [-0.4, -0.2) is 32.2 Å². The summed E-state index contributed by atoms with van der Waals surface area (Å²) in [7, 11) is 0. The Kier molecular flexibility index (Phi) is 4.36. The normalized spacial score (nSPS) is 24.0. The zero-order chi connectivity index (χ0) is 18.3. The summed E-state index contributed by atoms with van der Waals surface area (Å²) < 4.78 is 7.48. The quantitative estimate of drug-likeness (QED) is 0.735. The summed E-state index contributed by atoms with van der Waals surface area (Å²) in [4.78, 5) is 4.27. The Hall–Kier alpha value is -2.47. The fourth-order valence-electron chi connectivity index (χ4n) is 3.89. The first-order valence-corrected chi connectivity index (χ1v) is 9.23. The van der Waals surface area contributed by atoms with E-state index in [0.29, 0.717) is 11.5 Å². The highest BCUT2D eigenvalue weighted by Gasteiger charge is 2.26. The molecule has 1 saturated carbocycles. The molecule has 4 rings (SSSR count). The van der Waals surface area contributed by atoms with Crippen molar-refractivity contribution in [2.45, 2.75) is 57.7 Å². The second kappa shape index (κ2) is 6.68. The molecule has 0 amide bonds. The summed E-state index contributed by atoms with van der Waals surface area (Å²) >= 11 is 0. The van der Waals surface area contributed by atoms with Gasteiger partial charge in [-0.1, -0.05) is 0 Å². The minimum Gasteiger partial charge on any atom is -0.494 e. The zero-order valence-corrected chi connectivity index (χ0v) is 15.0. The Morgan fingerprint density at radius 2 is 1.96 bits per heavy atom. The van der Waals surface area contributed by atoms with E-state index in [0.717, 1.165) is 71.4 Å². The summed E-state index contributed by atoms with van der Waals surface area (Å²) in [5.74, 6) is 1.48. The number of aryl methyl sites for hydroxylation is 1. The molecule has 0 bridgehead atoms. The fraction of sp³-hybridized carbons (Fsp3) is 0.450. The van der Waals surface area contributed by atoms with Crippen molar-refractivity contribution in [2.24, 2.45) is 5.73 Å². The predicted octanol–water partition coefficient (Wildman–Crippen LogP) is 3.20. The second-order valence-corrected chi connectivity index (χ2v) is 7.30. The van der Waals surface area contributed by atoms with Crippen molar-refractivity contribution < 1.29 is 15.1 Å². The van der Waals surface area contributed by atoms with E-state index < -0.39 is 0 Å². The number of ether oxygens (including phenoxy) is 1. The highest BCUT2D eigenvalue weighted by Crippen LogP contribution is 2.38. The molecule has 0 unspecified atom stereocenters. The predicted molar refractivity (Wildman–Crippen MR) is 98.5 cm³/mol. The molecule has 0 aromatic rings. The van der Waals surface area contributed by atoms with Gasteiger partial charge >= 0.3 is 0 Å². The van der Waals surface area contributed by atoms with Crippen molar-refractivity contribution in [1.82, 2.24) is 9.71 Å². The highest BCUT2D eigenvalue weighted by molar-refractivity contribution is 5.86. The van der Waals surface area contributed by atoms with Crippen molar-refractivity contribution >= 4 is 5.57 Å². The maximum Gasteiger partial charge on any atom is 0.176 e. The molecule has 0 saturated heterocycles. The second-order valence-electron chi connectivity index (χ2n) is 7.30. The number of aromatic nitrogens is 2. The molecule has 6 heteroatoms. The van der Waals surface area contributed by atoms with Crippen LogP contribution < -0.4 is 5.73 Å². The third-order valence-electron chi connectivity index (χ3n) is 5.37. The van der Waals surface area contributed by atoms with Gasteiger partial charge in [-0.3, -0.25) is 0 Å². The molecule has 0 aromatic heterocycles. The van der Waals surface area contributed by atoms with E-state index in [1.54, 1.807) is 6.20 Å². The van der Waals surface area contributed by atoms with Crippen molar-refractivity contribution in [3.05, 3.63) is 47.1 Å². The van der Waals surface area contributed by atoms with Crippen LogP contribution in [0.2, 0.25) is 0 Å². The minimum atomic E-state index is -0.197. The molecular weight excluding hydrogens is 330 g/mol. The van der Waals surface area contributed by atoms with Gasteiger partial charge in [-0.25, -0.2) is 4.98 Å². The van der Waals surface area contributed by atoms with Crippen LogP contribution in [0.5, 0.6) is 0 Å². The number of aliphatic hydroxyl groups excluding tert-OH is 1. The summed E-state index contributed by atoms with van der Waals surface area (Å²) in [5.41, 5.74) is 10.5. The van der Waals surface area contributed by atoms with Gasteiger partial charge in [0.25, 0.3) is 0 Å². The van der Waals surface area contributed by atoms with Crippen LogP contribution in [0, 0.1) is 6.92 Å². The average Bonchev–Trinajstić information content (AvgIpc) is 3.12. The third kappa shape index (κ3) is 3.05. The van der Waals surface area contributed by atoms with Crippen LogP contribution in [0.4, 0.5) is 0 Å². The van der Waals surface area contributed by atoms with Crippen molar-refractivity contribution in [2.75, 3.05) is 0 Å². The van der Waals surface area contributed by atoms with E-state index >= 15 is 0 Å². The Labute approximate surface area is 152 Å². The minimum absolute atomic E-state index is 0.136. The van der Waals surface area contributed by atoms with Gasteiger partial charge in [-0.15, -0.1) is 0 Å². The largest absolute Gasteiger partial charge is 0.494 e. The molecule has 0 atom stereocenters. The number of nitrogens with zero attached hydrogens (tertiary/aromatic N) is 2. The maximum absolute atomic E-state index is 10.2. The molecule has 6 nitrogen and oxygen atoms in total. The molecule has 26 heavy (non-hydrogen) atoms. The molecule has 2 heterocycles. The number of hydrogen-bond donors (Lipinski definition) is 3. The molecule has 2 aliphatic heterocycles. The van der Waals surface area contributed by atoms with Gasteiger partial charge in [0.2, 0.25) is 0 Å². The molecule has 0 aromatic carbocycles. The van der Waals surface area contributed by atoms with Crippen LogP contribution in [0.15, 0.2) is 35.9 Å². The van der Waals surface area contributed by atoms with Crippen molar-refractivity contribution in [1.29, 1.82) is 0 Å². The van der Waals surface area contributed by atoms with Gasteiger partial charge in [0.1, 0.15) is 5.76 Å². The van der Waals surface area contributed by atoms with E-state index in [1.807, 2.05) is 25.1 Å². The first kappa shape index (κ1) is 17.0. The van der Waals surface area contributed by atoms with E-state index in [-0.39, 0.29) is 12.2 Å². The number of pyridine rings is 1. The smallest absolute Gasteiger partial charge is 0.176 e. The molecule has 0 spiro atoms. The number of allylic oxidation sites excluding steroid dienone is 4. The van der Waals surface area contributed by atoms with Gasteiger partial charge in [0.05, 0.1) is 17.9 Å². The van der Waals surface area contributed by atoms with Crippen molar-refractivity contribution in [3.8, 4) is 11.4 Å². The standard InChI is InChI=1S/C20H25N3O3/c1-12-10-17(16-8-9-22-20(16)23(12)25)18-11-13(21)2-7-19(18)26-15-5-3-14(24)4-6-15/h8-11,14-15,24-25H,2-7,21H2,1H3. The first-order valence-electron chi connectivity index (χ1n) is 9.23. The summed E-state index contributed by atoms with van der Waals surface area (Å²) in [6.07, 6.45) is 8.48. The van der Waals surface area contributed by atoms with Gasteiger partial charge in [0.15, 0.2) is 5.82 Å². The van der Waals surface area contributed by atoms with Gasteiger partial charge in [-0.05, 0) is 62.8 Å². The molecule has 2 aliphatic carbocycles. The topological polar surface area (TPSA) is 93.5 Å². The lowest BCUT2D eigenvalue weighted by Gasteiger charge is -2.30. The number of rotatable bonds is 3. The van der Waals surface area contributed by atoms with Crippen LogP contribution in [0.3, 0.4) is 0 Å². The summed E-state index contributed by atoms with van der Waals surface area (Å²) in [5, 5.41) is 19.9. The molecule has 138 valence electrons. The molecule has 4 aliphatic rings. The third-order valence-corrected chi connectivity index (χ3v) is 5.37. The molecule has 0 radical (unpaired) electrons. The fourth-order valence-corrected chi connectivity index (χ4v) is 3.89. The van der Waals surface area contributed by atoms with Crippen LogP contribution in [0.1, 0.15) is 49.8 Å². The number of fused-ring (bicyclic) bond motifs is 1. The SMILES string of the molecule is Cc1cc(C2=C(OC3CCC(O)CC3)CCC(N)=C2)c2ccnc-2n1O. The van der Waals surface area contributed by atoms with E-state index in [1.165, 1.54) is 0 Å². The van der Waals surface area contributed by atoms with E-state index in [9.17, 15) is 10.3 Å². The number of nitrogens with two attached hydrogens (primary N) is 1. The monoisotopic (exact) mass is 355 g/mol. The first-order chi connectivity index (χ1) is 12.5.